The zero-order valence-electron chi connectivity index (χ0n) is 22.4. The van der Waals surface area contributed by atoms with Gasteiger partial charge in [-0.25, -0.2) is 0 Å². The van der Waals surface area contributed by atoms with Crippen LogP contribution in [-0.2, 0) is 9.59 Å². The van der Waals surface area contributed by atoms with Gasteiger partial charge < -0.3 is 25.2 Å². The number of nitrogens with one attached hydrogen (secondary N) is 1. The van der Waals surface area contributed by atoms with E-state index in [-0.39, 0.29) is 36.8 Å². The van der Waals surface area contributed by atoms with Gasteiger partial charge in [0.05, 0.1) is 16.2 Å². The number of carbonyl (C=O) groups is 2. The normalized spacial score (nSPS) is 29.4. The zero-order chi connectivity index (χ0) is 27.4. The molecule has 0 radical (unpaired) electrons. The standard InChI is InChI=1S/C30H41IN2O5/c1-4-5-10-27(35)33(18-19-11-12-21-17-22(19)30(21,2)3)24-15-20(29(37)32-13-14-34)16-26(28(24)36)38-25-9-7-6-8-23(25)31/h4,6-9,16,19,21-22,24,26,28,34,36H,1,5,10-15,17-18H2,2-3H3,(H,32,37). The number of fused-ring (bicyclic) bond motifs is 2. The summed E-state index contributed by atoms with van der Waals surface area (Å²) in [6.45, 7) is 9.00. The van der Waals surface area contributed by atoms with Crippen LogP contribution in [0.5, 0.6) is 5.75 Å². The first-order valence-electron chi connectivity index (χ1n) is 13.8. The molecule has 8 heteroatoms. The Morgan fingerprint density at radius 1 is 1.29 bits per heavy atom. The Kier molecular flexibility index (Phi) is 9.58. The molecule has 1 aromatic carbocycles. The summed E-state index contributed by atoms with van der Waals surface area (Å²) in [7, 11) is 0. The molecule has 0 heterocycles. The molecule has 3 N–H and O–H groups in total. The SMILES string of the molecule is C=CCCC(=O)N(CC1CCC2CC1C2(C)C)C1CC(C(=O)NCCO)=CC(Oc2ccccc2I)C1O. The van der Waals surface area contributed by atoms with Crippen LogP contribution in [0.15, 0.2) is 48.6 Å². The number of halogens is 1. The van der Waals surface area contributed by atoms with Crippen molar-refractivity contribution in [3.8, 4) is 5.75 Å². The number of hydrogen-bond donors (Lipinski definition) is 3. The average molecular weight is 637 g/mol. The number of nitrogens with zero attached hydrogens (tertiary/aromatic N) is 1. The molecule has 1 aromatic rings. The van der Waals surface area contributed by atoms with Crippen LogP contribution in [0.4, 0.5) is 0 Å². The molecule has 2 amide bonds. The Labute approximate surface area is 239 Å². The summed E-state index contributed by atoms with van der Waals surface area (Å²) in [5.74, 6) is 1.94. The van der Waals surface area contributed by atoms with E-state index in [2.05, 4.69) is 48.3 Å². The molecule has 0 aliphatic heterocycles. The fourth-order valence-electron chi connectivity index (χ4n) is 6.69. The highest BCUT2D eigenvalue weighted by Gasteiger charge is 2.55. The van der Waals surface area contributed by atoms with Gasteiger partial charge in [0.2, 0.25) is 11.8 Å². The molecule has 6 unspecified atom stereocenters. The summed E-state index contributed by atoms with van der Waals surface area (Å²) in [5.41, 5.74) is 0.730. The number of rotatable bonds is 11. The smallest absolute Gasteiger partial charge is 0.247 e. The highest BCUT2D eigenvalue weighted by molar-refractivity contribution is 14.1. The second-order valence-corrected chi connectivity index (χ2v) is 12.7. The number of aliphatic hydroxyl groups excluding tert-OH is 2. The number of aliphatic hydroxyl groups is 2. The Morgan fingerprint density at radius 2 is 2.05 bits per heavy atom. The van der Waals surface area contributed by atoms with Gasteiger partial charge in [0, 0.05) is 31.5 Å². The van der Waals surface area contributed by atoms with E-state index in [1.54, 1.807) is 12.2 Å². The minimum Gasteiger partial charge on any atom is -0.482 e. The maximum Gasteiger partial charge on any atom is 0.247 e. The van der Waals surface area contributed by atoms with Gasteiger partial charge >= 0.3 is 0 Å². The third-order valence-electron chi connectivity index (χ3n) is 9.03. The molecular weight excluding hydrogens is 595 g/mol. The Hall–Kier alpha value is -1.91. The second kappa shape index (κ2) is 12.5. The Balaban J connectivity index is 1.64. The molecule has 6 atom stereocenters. The third kappa shape index (κ3) is 6.12. The van der Waals surface area contributed by atoms with Crippen molar-refractivity contribution >= 4 is 34.4 Å². The Morgan fingerprint density at radius 3 is 2.71 bits per heavy atom. The van der Waals surface area contributed by atoms with Crippen LogP contribution >= 0.6 is 22.6 Å². The largest absolute Gasteiger partial charge is 0.482 e. The molecule has 3 fully saturated rings. The van der Waals surface area contributed by atoms with Gasteiger partial charge in [-0.15, -0.1) is 6.58 Å². The summed E-state index contributed by atoms with van der Waals surface area (Å²) in [6, 6.07) is 6.93. The molecule has 208 valence electrons. The van der Waals surface area contributed by atoms with E-state index >= 15 is 0 Å². The number of hydrogen-bond acceptors (Lipinski definition) is 5. The molecule has 4 aliphatic carbocycles. The van der Waals surface area contributed by atoms with Crippen molar-refractivity contribution in [2.24, 2.45) is 23.2 Å². The van der Waals surface area contributed by atoms with Crippen molar-refractivity contribution < 1.29 is 24.5 Å². The minimum atomic E-state index is -1.00. The lowest BCUT2D eigenvalue weighted by Gasteiger charge is -2.61. The van der Waals surface area contributed by atoms with Crippen molar-refractivity contribution in [2.45, 2.75) is 70.6 Å². The predicted octanol–water partition coefficient (Wildman–Crippen LogP) is 4.07. The first-order chi connectivity index (χ1) is 18.2. The van der Waals surface area contributed by atoms with Crippen LogP contribution in [0, 0.1) is 26.7 Å². The zero-order valence-corrected chi connectivity index (χ0v) is 24.6. The lowest BCUT2D eigenvalue weighted by Crippen LogP contribution is -2.59. The molecule has 5 rings (SSSR count). The molecule has 3 saturated carbocycles. The predicted molar refractivity (Wildman–Crippen MR) is 155 cm³/mol. The first-order valence-corrected chi connectivity index (χ1v) is 14.8. The lowest BCUT2D eigenvalue weighted by atomic mass is 9.45. The molecule has 0 aromatic heterocycles. The van der Waals surface area contributed by atoms with Crippen LogP contribution in [0.1, 0.15) is 52.4 Å². The molecule has 2 bridgehead atoms. The van der Waals surface area contributed by atoms with E-state index < -0.39 is 18.2 Å². The van der Waals surface area contributed by atoms with Gasteiger partial charge in [0.25, 0.3) is 0 Å². The van der Waals surface area contributed by atoms with Crippen molar-refractivity contribution in [3.63, 3.8) is 0 Å². The molecule has 4 aliphatic rings. The molecular formula is C30H41IN2O5. The van der Waals surface area contributed by atoms with Crippen molar-refractivity contribution in [1.82, 2.24) is 10.2 Å². The van der Waals surface area contributed by atoms with Crippen LogP contribution in [0.2, 0.25) is 0 Å². The quantitative estimate of drug-likeness (QED) is 0.251. The van der Waals surface area contributed by atoms with Crippen molar-refractivity contribution in [2.75, 3.05) is 19.7 Å². The summed E-state index contributed by atoms with van der Waals surface area (Å²) >= 11 is 2.18. The second-order valence-electron chi connectivity index (χ2n) is 11.5. The summed E-state index contributed by atoms with van der Waals surface area (Å²) in [4.78, 5) is 28.5. The van der Waals surface area contributed by atoms with E-state index in [0.717, 1.165) is 15.9 Å². The van der Waals surface area contributed by atoms with E-state index in [4.69, 9.17) is 4.74 Å². The van der Waals surface area contributed by atoms with E-state index in [1.807, 2.05) is 29.2 Å². The minimum absolute atomic E-state index is 0.0294. The molecule has 7 nitrogen and oxygen atoms in total. The van der Waals surface area contributed by atoms with Gasteiger partial charge in [0.1, 0.15) is 18.0 Å². The van der Waals surface area contributed by atoms with Gasteiger partial charge in [-0.1, -0.05) is 32.1 Å². The van der Waals surface area contributed by atoms with Crippen LogP contribution in [-0.4, -0.2) is 64.9 Å². The topological polar surface area (TPSA) is 99.1 Å². The fraction of sp³-hybridized carbons (Fsp3) is 0.600. The van der Waals surface area contributed by atoms with Crippen LogP contribution < -0.4 is 10.1 Å². The third-order valence-corrected chi connectivity index (χ3v) is 9.92. The molecule has 38 heavy (non-hydrogen) atoms. The van der Waals surface area contributed by atoms with Gasteiger partial charge in [-0.2, -0.15) is 0 Å². The highest BCUT2D eigenvalue weighted by Crippen LogP contribution is 2.61. The average Bonchev–Trinajstić information content (AvgIpc) is 2.91. The first kappa shape index (κ1) is 29.1. The van der Waals surface area contributed by atoms with Crippen molar-refractivity contribution in [1.29, 1.82) is 0 Å². The molecule has 0 saturated heterocycles. The van der Waals surface area contributed by atoms with Gasteiger partial charge in [-0.3, -0.25) is 9.59 Å². The fourth-order valence-corrected chi connectivity index (χ4v) is 7.21. The van der Waals surface area contributed by atoms with Crippen LogP contribution in [0.25, 0.3) is 0 Å². The van der Waals surface area contributed by atoms with Crippen molar-refractivity contribution in [3.05, 3.63) is 52.1 Å². The molecule has 0 spiro atoms. The maximum atomic E-state index is 13.6. The number of ether oxygens (including phenoxy) is 1. The number of amides is 2. The van der Waals surface area contributed by atoms with E-state index in [1.165, 1.54) is 12.8 Å². The number of para-hydroxylation sites is 1. The number of carbonyl (C=O) groups excluding carboxylic acids is 2. The van der Waals surface area contributed by atoms with E-state index in [0.29, 0.717) is 42.5 Å². The van der Waals surface area contributed by atoms with E-state index in [9.17, 15) is 19.8 Å². The maximum absolute atomic E-state index is 13.6. The highest BCUT2D eigenvalue weighted by atomic mass is 127. The lowest BCUT2D eigenvalue weighted by molar-refractivity contribution is -0.148. The van der Waals surface area contributed by atoms with Gasteiger partial charge in [-0.05, 0) is 89.7 Å². The number of benzene rings is 1. The van der Waals surface area contributed by atoms with Crippen LogP contribution in [0.3, 0.4) is 0 Å². The monoisotopic (exact) mass is 636 g/mol. The summed E-state index contributed by atoms with van der Waals surface area (Å²) < 4.78 is 7.15. The Bertz CT molecular complexity index is 1050. The summed E-state index contributed by atoms with van der Waals surface area (Å²) in [6.07, 6.45) is 6.16. The van der Waals surface area contributed by atoms with Gasteiger partial charge in [0.15, 0.2) is 0 Å². The summed E-state index contributed by atoms with van der Waals surface area (Å²) in [5, 5.41) is 23.6. The number of allylic oxidation sites excluding steroid dienone is 1.